The number of rotatable bonds is 6. The molecule has 1 saturated heterocycles. The van der Waals surface area contributed by atoms with Crippen LogP contribution in [0.25, 0.3) is 0 Å². The first-order valence-electron chi connectivity index (χ1n) is 9.82. The van der Waals surface area contributed by atoms with Gasteiger partial charge in [-0.05, 0) is 68.1 Å². The van der Waals surface area contributed by atoms with E-state index in [1.54, 1.807) is 23.1 Å². The number of carbonyl (C=O) groups excluding carboxylic acids is 2. The Morgan fingerprint density at radius 3 is 2.43 bits per heavy atom. The van der Waals surface area contributed by atoms with E-state index < -0.39 is 15.9 Å². The lowest BCUT2D eigenvalue weighted by atomic mass is 10.1. The Morgan fingerprint density at radius 2 is 1.83 bits per heavy atom. The van der Waals surface area contributed by atoms with Gasteiger partial charge in [0.1, 0.15) is 6.54 Å². The van der Waals surface area contributed by atoms with E-state index in [0.29, 0.717) is 24.3 Å². The Kier molecular flexibility index (Phi) is 6.17. The molecule has 0 aliphatic carbocycles. The molecular formula is C22H27N3O4S. The summed E-state index contributed by atoms with van der Waals surface area (Å²) in [6, 6.07) is 10.8. The highest BCUT2D eigenvalue weighted by Gasteiger charge is 2.24. The van der Waals surface area contributed by atoms with Crippen LogP contribution < -0.4 is 14.5 Å². The van der Waals surface area contributed by atoms with Crippen LogP contribution in [0.3, 0.4) is 0 Å². The first kappa shape index (κ1) is 21.8. The lowest BCUT2D eigenvalue weighted by molar-refractivity contribution is -0.117. The summed E-state index contributed by atoms with van der Waals surface area (Å²) in [5.41, 5.74) is 4.44. The SMILES string of the molecule is Cc1ccc(C)c(N(CC(=O)Nc2ccc(N3CCCC3=O)c(C)c2)S(C)(=O)=O)c1. The first-order valence-corrected chi connectivity index (χ1v) is 11.7. The maximum atomic E-state index is 12.7. The Bertz CT molecular complexity index is 1100. The molecule has 0 saturated carbocycles. The molecule has 1 aliphatic heterocycles. The summed E-state index contributed by atoms with van der Waals surface area (Å²) in [7, 11) is -3.65. The molecule has 2 aromatic carbocycles. The van der Waals surface area contributed by atoms with Crippen LogP contribution in [-0.2, 0) is 19.6 Å². The van der Waals surface area contributed by atoms with Crippen LogP contribution in [0.4, 0.5) is 17.1 Å². The van der Waals surface area contributed by atoms with Crippen LogP contribution in [0.15, 0.2) is 36.4 Å². The van der Waals surface area contributed by atoms with Gasteiger partial charge in [-0.15, -0.1) is 0 Å². The number of hydrogen-bond acceptors (Lipinski definition) is 4. The summed E-state index contributed by atoms with van der Waals surface area (Å²) < 4.78 is 25.9. The van der Waals surface area contributed by atoms with Crippen molar-refractivity contribution in [1.82, 2.24) is 0 Å². The maximum absolute atomic E-state index is 12.7. The Labute approximate surface area is 177 Å². The summed E-state index contributed by atoms with van der Waals surface area (Å²) in [5.74, 6) is -0.335. The van der Waals surface area contributed by atoms with E-state index in [9.17, 15) is 18.0 Å². The lowest BCUT2D eigenvalue weighted by Crippen LogP contribution is -2.38. The van der Waals surface area contributed by atoms with Gasteiger partial charge in [0, 0.05) is 24.3 Å². The van der Waals surface area contributed by atoms with E-state index in [4.69, 9.17) is 0 Å². The number of sulfonamides is 1. The highest BCUT2D eigenvalue weighted by molar-refractivity contribution is 7.92. The molecule has 0 unspecified atom stereocenters. The molecule has 1 heterocycles. The van der Waals surface area contributed by atoms with Crippen molar-refractivity contribution < 1.29 is 18.0 Å². The Balaban J connectivity index is 1.78. The third kappa shape index (κ3) is 4.81. The van der Waals surface area contributed by atoms with Crippen molar-refractivity contribution >= 4 is 38.9 Å². The topological polar surface area (TPSA) is 86.8 Å². The second-order valence-electron chi connectivity index (χ2n) is 7.76. The predicted octanol–water partition coefficient (Wildman–Crippen LogP) is 3.14. The predicted molar refractivity (Wildman–Crippen MR) is 120 cm³/mol. The number of nitrogens with zero attached hydrogens (tertiary/aromatic N) is 2. The third-order valence-electron chi connectivity index (χ3n) is 5.17. The van der Waals surface area contributed by atoms with Gasteiger partial charge in [-0.1, -0.05) is 12.1 Å². The second kappa shape index (κ2) is 8.47. The van der Waals surface area contributed by atoms with Crippen LogP contribution in [0, 0.1) is 20.8 Å². The summed E-state index contributed by atoms with van der Waals surface area (Å²) >= 11 is 0. The van der Waals surface area contributed by atoms with Gasteiger partial charge in [0.25, 0.3) is 0 Å². The highest BCUT2D eigenvalue weighted by atomic mass is 32.2. The molecule has 160 valence electrons. The second-order valence-corrected chi connectivity index (χ2v) is 9.66. The van der Waals surface area contributed by atoms with Gasteiger partial charge in [-0.25, -0.2) is 8.42 Å². The number of amides is 2. The van der Waals surface area contributed by atoms with Crippen molar-refractivity contribution in [2.45, 2.75) is 33.6 Å². The molecule has 3 rings (SSSR count). The molecule has 30 heavy (non-hydrogen) atoms. The van der Waals surface area contributed by atoms with E-state index in [1.165, 1.54) is 0 Å². The fourth-order valence-electron chi connectivity index (χ4n) is 3.64. The van der Waals surface area contributed by atoms with Gasteiger partial charge in [0.05, 0.1) is 11.9 Å². The Hall–Kier alpha value is -2.87. The first-order chi connectivity index (χ1) is 14.1. The van der Waals surface area contributed by atoms with Crippen LogP contribution in [0.2, 0.25) is 0 Å². The van der Waals surface area contributed by atoms with Crippen molar-refractivity contribution in [3.05, 3.63) is 53.1 Å². The number of anilines is 3. The molecule has 7 nitrogen and oxygen atoms in total. The quantitative estimate of drug-likeness (QED) is 0.764. The number of benzene rings is 2. The lowest BCUT2D eigenvalue weighted by Gasteiger charge is -2.24. The largest absolute Gasteiger partial charge is 0.325 e. The van der Waals surface area contributed by atoms with E-state index in [-0.39, 0.29) is 12.5 Å². The summed E-state index contributed by atoms with van der Waals surface area (Å²) in [5, 5.41) is 2.77. The minimum absolute atomic E-state index is 0.104. The fourth-order valence-corrected chi connectivity index (χ4v) is 4.54. The zero-order valence-electron chi connectivity index (χ0n) is 17.7. The molecule has 1 N–H and O–H groups in total. The van der Waals surface area contributed by atoms with Crippen LogP contribution >= 0.6 is 0 Å². The maximum Gasteiger partial charge on any atom is 0.245 e. The molecule has 1 fully saturated rings. The highest BCUT2D eigenvalue weighted by Crippen LogP contribution is 2.28. The van der Waals surface area contributed by atoms with Gasteiger partial charge >= 0.3 is 0 Å². The average molecular weight is 430 g/mol. The molecule has 2 amide bonds. The number of hydrogen-bond donors (Lipinski definition) is 1. The minimum atomic E-state index is -3.65. The summed E-state index contributed by atoms with van der Waals surface area (Å²) in [4.78, 5) is 26.4. The van der Waals surface area contributed by atoms with E-state index in [0.717, 1.165) is 39.4 Å². The van der Waals surface area contributed by atoms with Crippen molar-refractivity contribution in [2.24, 2.45) is 0 Å². The molecule has 2 aromatic rings. The summed E-state index contributed by atoms with van der Waals surface area (Å²) in [6.07, 6.45) is 2.49. The molecular weight excluding hydrogens is 402 g/mol. The summed E-state index contributed by atoms with van der Waals surface area (Å²) in [6.45, 7) is 5.94. The van der Waals surface area contributed by atoms with Crippen molar-refractivity contribution in [3.63, 3.8) is 0 Å². The van der Waals surface area contributed by atoms with Gasteiger partial charge in [-0.2, -0.15) is 0 Å². The van der Waals surface area contributed by atoms with E-state index in [2.05, 4.69) is 5.32 Å². The molecule has 0 aromatic heterocycles. The molecule has 0 bridgehead atoms. The van der Waals surface area contributed by atoms with E-state index in [1.807, 2.05) is 39.0 Å². The van der Waals surface area contributed by atoms with Gasteiger partial charge in [0.15, 0.2) is 0 Å². The molecule has 8 heteroatoms. The average Bonchev–Trinajstić information content (AvgIpc) is 3.07. The fraction of sp³-hybridized carbons (Fsp3) is 0.364. The van der Waals surface area contributed by atoms with Crippen LogP contribution in [0.1, 0.15) is 29.5 Å². The minimum Gasteiger partial charge on any atom is -0.325 e. The monoisotopic (exact) mass is 429 g/mol. The zero-order valence-corrected chi connectivity index (χ0v) is 18.5. The third-order valence-corrected chi connectivity index (χ3v) is 6.29. The van der Waals surface area contributed by atoms with Gasteiger partial charge in [-0.3, -0.25) is 13.9 Å². The normalized spacial score (nSPS) is 14.1. The van der Waals surface area contributed by atoms with Crippen LogP contribution in [0.5, 0.6) is 0 Å². The van der Waals surface area contributed by atoms with E-state index >= 15 is 0 Å². The molecule has 0 radical (unpaired) electrons. The standard InChI is InChI=1S/C22H27N3O4S/c1-15-7-8-16(2)20(12-15)25(30(4,28)29)14-21(26)23-18-9-10-19(17(3)13-18)24-11-5-6-22(24)27/h7-10,12-13H,5-6,11,14H2,1-4H3,(H,23,26). The van der Waals surface area contributed by atoms with Gasteiger partial charge < -0.3 is 10.2 Å². The van der Waals surface area contributed by atoms with Crippen LogP contribution in [-0.4, -0.2) is 39.6 Å². The molecule has 1 aliphatic rings. The number of aryl methyl sites for hydroxylation is 3. The van der Waals surface area contributed by atoms with Crippen molar-refractivity contribution in [1.29, 1.82) is 0 Å². The smallest absolute Gasteiger partial charge is 0.245 e. The Morgan fingerprint density at radius 1 is 1.10 bits per heavy atom. The molecule has 0 spiro atoms. The molecule has 0 atom stereocenters. The zero-order chi connectivity index (χ0) is 22.1. The number of carbonyl (C=O) groups is 2. The van der Waals surface area contributed by atoms with Crippen molar-refractivity contribution in [3.8, 4) is 0 Å². The van der Waals surface area contributed by atoms with Crippen molar-refractivity contribution in [2.75, 3.05) is 33.9 Å². The van der Waals surface area contributed by atoms with Gasteiger partial charge in [0.2, 0.25) is 21.8 Å². The number of nitrogens with one attached hydrogen (secondary N) is 1.